The largest absolute Gasteiger partial charge is 0.377 e. The highest BCUT2D eigenvalue weighted by Crippen LogP contribution is 2.27. The molecule has 0 bridgehead atoms. The number of thiophene rings is 1. The number of ether oxygens (including phenoxy) is 1. The Balaban J connectivity index is 2.82. The minimum absolute atomic E-state index is 0.0437. The van der Waals surface area contributed by atoms with Crippen molar-refractivity contribution in [3.63, 3.8) is 0 Å². The highest BCUT2D eigenvalue weighted by molar-refractivity contribution is 7.07. The first-order valence-corrected chi connectivity index (χ1v) is 7.46. The first-order valence-electron chi connectivity index (χ1n) is 6.52. The molecule has 1 N–H and O–H groups in total. The summed E-state index contributed by atoms with van der Waals surface area (Å²) in [4.78, 5) is 0. The molecule has 0 saturated carbocycles. The molecule has 0 aliphatic rings. The van der Waals surface area contributed by atoms with Crippen LogP contribution in [0.1, 0.15) is 39.2 Å². The first kappa shape index (κ1) is 14.7. The van der Waals surface area contributed by atoms with Gasteiger partial charge in [0.25, 0.3) is 0 Å². The second kappa shape index (κ2) is 7.14. The lowest BCUT2D eigenvalue weighted by atomic mass is 9.85. The Labute approximate surface area is 109 Å². The number of likely N-dealkylation sites (N-methyl/N-ethyl adjacent to an activating group) is 1. The van der Waals surface area contributed by atoms with Crippen LogP contribution in [0.15, 0.2) is 16.8 Å². The summed E-state index contributed by atoms with van der Waals surface area (Å²) in [6.07, 6.45) is 3.14. The van der Waals surface area contributed by atoms with E-state index in [1.807, 2.05) is 7.11 Å². The fraction of sp³-hybridized carbons (Fsp3) is 0.714. The zero-order valence-electron chi connectivity index (χ0n) is 11.5. The van der Waals surface area contributed by atoms with Gasteiger partial charge in [-0.15, -0.1) is 0 Å². The molecule has 1 atom stereocenters. The molecule has 98 valence electrons. The number of nitrogens with one attached hydrogen (secondary N) is 1. The fourth-order valence-electron chi connectivity index (χ4n) is 2.51. The third kappa shape index (κ3) is 3.54. The van der Waals surface area contributed by atoms with Crippen LogP contribution >= 0.6 is 11.3 Å². The van der Waals surface area contributed by atoms with Crippen molar-refractivity contribution in [1.82, 2.24) is 5.32 Å². The van der Waals surface area contributed by atoms with Crippen LogP contribution in [0, 0.1) is 0 Å². The van der Waals surface area contributed by atoms with Crippen molar-refractivity contribution in [3.8, 4) is 0 Å². The molecular formula is C14H25NOS. The molecule has 0 radical (unpaired) electrons. The van der Waals surface area contributed by atoms with Gasteiger partial charge in [-0.2, -0.15) is 11.3 Å². The van der Waals surface area contributed by atoms with E-state index in [2.05, 4.69) is 42.9 Å². The molecule has 1 heterocycles. The molecular weight excluding hydrogens is 230 g/mol. The number of rotatable bonds is 8. The molecule has 1 rings (SSSR count). The maximum atomic E-state index is 5.84. The highest BCUT2D eigenvalue weighted by atomic mass is 32.1. The highest BCUT2D eigenvalue weighted by Gasteiger charge is 2.35. The van der Waals surface area contributed by atoms with Crippen molar-refractivity contribution in [2.24, 2.45) is 0 Å². The minimum Gasteiger partial charge on any atom is -0.377 e. The molecule has 0 fully saturated rings. The molecule has 0 amide bonds. The second-order valence-electron chi connectivity index (χ2n) is 4.42. The van der Waals surface area contributed by atoms with Crippen LogP contribution in [0.25, 0.3) is 0 Å². The fourth-order valence-corrected chi connectivity index (χ4v) is 3.19. The van der Waals surface area contributed by atoms with Crippen LogP contribution in [0.5, 0.6) is 0 Å². The summed E-state index contributed by atoms with van der Waals surface area (Å²) in [5.41, 5.74) is 1.36. The van der Waals surface area contributed by atoms with E-state index in [-0.39, 0.29) is 5.60 Å². The van der Waals surface area contributed by atoms with Gasteiger partial charge in [0.05, 0.1) is 5.60 Å². The molecule has 0 aromatic carbocycles. The van der Waals surface area contributed by atoms with Crippen molar-refractivity contribution in [2.45, 2.75) is 51.7 Å². The van der Waals surface area contributed by atoms with Crippen LogP contribution in [-0.4, -0.2) is 25.3 Å². The first-order chi connectivity index (χ1) is 8.22. The standard InChI is InChI=1S/C14H25NOS/c1-5-14(6-2,16-4)13(15-7-3)10-12-8-9-17-11-12/h8-9,11,13,15H,5-7,10H2,1-4H3. The van der Waals surface area contributed by atoms with Crippen molar-refractivity contribution >= 4 is 11.3 Å². The van der Waals surface area contributed by atoms with Crippen molar-refractivity contribution in [3.05, 3.63) is 22.4 Å². The second-order valence-corrected chi connectivity index (χ2v) is 5.20. The third-order valence-electron chi connectivity index (χ3n) is 3.71. The van der Waals surface area contributed by atoms with Gasteiger partial charge in [-0.3, -0.25) is 0 Å². The van der Waals surface area contributed by atoms with E-state index in [0.717, 1.165) is 25.8 Å². The van der Waals surface area contributed by atoms with Gasteiger partial charge in [-0.25, -0.2) is 0 Å². The van der Waals surface area contributed by atoms with Crippen LogP contribution < -0.4 is 5.32 Å². The number of hydrogen-bond acceptors (Lipinski definition) is 3. The maximum Gasteiger partial charge on any atom is 0.0828 e. The van der Waals surface area contributed by atoms with E-state index in [1.54, 1.807) is 11.3 Å². The predicted octanol–water partition coefficient (Wildman–Crippen LogP) is 3.47. The van der Waals surface area contributed by atoms with E-state index in [1.165, 1.54) is 5.56 Å². The van der Waals surface area contributed by atoms with Gasteiger partial charge in [0.15, 0.2) is 0 Å². The zero-order valence-corrected chi connectivity index (χ0v) is 12.3. The van der Waals surface area contributed by atoms with Crippen LogP contribution in [0.4, 0.5) is 0 Å². The van der Waals surface area contributed by atoms with Crippen molar-refractivity contribution in [2.75, 3.05) is 13.7 Å². The Morgan fingerprint density at radius 1 is 1.35 bits per heavy atom. The Hall–Kier alpha value is -0.380. The minimum atomic E-state index is -0.0437. The van der Waals surface area contributed by atoms with Gasteiger partial charge >= 0.3 is 0 Å². The summed E-state index contributed by atoms with van der Waals surface area (Å²) in [7, 11) is 1.84. The monoisotopic (exact) mass is 255 g/mol. The molecule has 1 aromatic heterocycles. The lowest BCUT2D eigenvalue weighted by Gasteiger charge is -2.39. The Morgan fingerprint density at radius 2 is 2.06 bits per heavy atom. The van der Waals surface area contributed by atoms with Crippen LogP contribution in [0.2, 0.25) is 0 Å². The molecule has 0 saturated heterocycles. The van der Waals surface area contributed by atoms with Crippen LogP contribution in [-0.2, 0) is 11.2 Å². The molecule has 2 nitrogen and oxygen atoms in total. The van der Waals surface area contributed by atoms with Crippen molar-refractivity contribution in [1.29, 1.82) is 0 Å². The summed E-state index contributed by atoms with van der Waals surface area (Å²) in [5.74, 6) is 0. The topological polar surface area (TPSA) is 21.3 Å². The number of hydrogen-bond donors (Lipinski definition) is 1. The average Bonchev–Trinajstić information content (AvgIpc) is 2.85. The van der Waals surface area contributed by atoms with Gasteiger partial charge in [-0.05, 0) is 48.2 Å². The Kier molecular flexibility index (Phi) is 6.17. The smallest absolute Gasteiger partial charge is 0.0828 e. The number of methoxy groups -OCH3 is 1. The Bertz CT molecular complexity index is 285. The molecule has 1 unspecified atom stereocenters. The molecule has 0 spiro atoms. The van der Waals surface area contributed by atoms with E-state index < -0.39 is 0 Å². The van der Waals surface area contributed by atoms with Gasteiger partial charge in [-0.1, -0.05) is 20.8 Å². The molecule has 0 aliphatic heterocycles. The maximum absolute atomic E-state index is 5.84. The van der Waals surface area contributed by atoms with Gasteiger partial charge < -0.3 is 10.1 Å². The summed E-state index contributed by atoms with van der Waals surface area (Å²) >= 11 is 1.76. The van der Waals surface area contributed by atoms with Gasteiger partial charge in [0.1, 0.15) is 0 Å². The lowest BCUT2D eigenvalue weighted by Crippen LogP contribution is -2.52. The molecule has 0 aliphatic carbocycles. The molecule has 1 aromatic rings. The normalized spacial score (nSPS) is 13.9. The van der Waals surface area contributed by atoms with Crippen molar-refractivity contribution < 1.29 is 4.74 Å². The molecule has 17 heavy (non-hydrogen) atoms. The summed E-state index contributed by atoms with van der Waals surface area (Å²) in [6, 6.07) is 2.60. The summed E-state index contributed by atoms with van der Waals surface area (Å²) in [5, 5.41) is 7.97. The van der Waals surface area contributed by atoms with E-state index in [0.29, 0.717) is 6.04 Å². The quantitative estimate of drug-likeness (QED) is 0.768. The lowest BCUT2D eigenvalue weighted by molar-refractivity contribution is -0.0468. The van der Waals surface area contributed by atoms with E-state index >= 15 is 0 Å². The third-order valence-corrected chi connectivity index (χ3v) is 4.44. The summed E-state index contributed by atoms with van der Waals surface area (Å²) in [6.45, 7) is 7.57. The molecule has 3 heteroatoms. The predicted molar refractivity (Wildman–Crippen MR) is 75.8 cm³/mol. The average molecular weight is 255 g/mol. The van der Waals surface area contributed by atoms with E-state index in [4.69, 9.17) is 4.74 Å². The zero-order chi connectivity index (χ0) is 12.7. The van der Waals surface area contributed by atoms with Crippen LogP contribution in [0.3, 0.4) is 0 Å². The van der Waals surface area contributed by atoms with E-state index in [9.17, 15) is 0 Å². The van der Waals surface area contributed by atoms with Gasteiger partial charge in [0, 0.05) is 13.2 Å². The SMILES string of the molecule is CCNC(Cc1ccsc1)C(CC)(CC)OC. The summed E-state index contributed by atoms with van der Waals surface area (Å²) < 4.78 is 5.84. The Morgan fingerprint density at radius 3 is 2.47 bits per heavy atom. The van der Waals surface area contributed by atoms with Gasteiger partial charge in [0.2, 0.25) is 0 Å².